The van der Waals surface area contributed by atoms with Gasteiger partial charge in [0.15, 0.2) is 18.0 Å². The first-order valence-electron chi connectivity index (χ1n) is 8.81. The Bertz CT molecular complexity index is 717. The van der Waals surface area contributed by atoms with Crippen LogP contribution in [0.2, 0.25) is 0 Å². The second-order valence-corrected chi connectivity index (χ2v) is 6.18. The Morgan fingerprint density at radius 1 is 1.19 bits per heavy atom. The number of nitrogens with one attached hydrogen (secondary N) is 3. The molecule has 10 nitrogen and oxygen atoms in total. The molecule has 0 radical (unpaired) electrons. The molecule has 0 saturated carbocycles. The minimum atomic E-state index is -0.608. The molecule has 1 saturated heterocycles. The summed E-state index contributed by atoms with van der Waals surface area (Å²) in [7, 11) is 0. The molecule has 0 aromatic heterocycles. The number of piperazine rings is 1. The topological polar surface area (TPSA) is 111 Å². The van der Waals surface area contributed by atoms with Crippen molar-refractivity contribution in [3.63, 3.8) is 0 Å². The molecule has 1 fully saturated rings. The van der Waals surface area contributed by atoms with E-state index in [0.717, 1.165) is 4.90 Å². The Labute approximate surface area is 156 Å². The average molecular weight is 379 g/mol. The molecule has 1 aromatic rings. The number of nitrogens with zero attached hydrogens (tertiary/aromatic N) is 1. The van der Waals surface area contributed by atoms with Crippen molar-refractivity contribution >= 4 is 23.7 Å². The lowest BCUT2D eigenvalue weighted by molar-refractivity contribution is -0.896. The predicted molar refractivity (Wildman–Crippen MR) is 93.9 cm³/mol. The van der Waals surface area contributed by atoms with Crippen molar-refractivity contribution in [2.24, 2.45) is 0 Å². The van der Waals surface area contributed by atoms with Crippen LogP contribution >= 0.6 is 0 Å². The highest BCUT2D eigenvalue weighted by molar-refractivity contribution is 6.01. The molecule has 0 atom stereocenters. The van der Waals surface area contributed by atoms with Gasteiger partial charge in [0, 0.05) is 11.8 Å². The number of carbonyl (C=O) groups excluding carboxylic acids is 3. The number of hydrogen-bond donors (Lipinski definition) is 3. The van der Waals surface area contributed by atoms with Crippen molar-refractivity contribution in [2.45, 2.75) is 6.92 Å². The summed E-state index contributed by atoms with van der Waals surface area (Å²) in [4.78, 5) is 38.3. The molecule has 146 valence electrons. The summed E-state index contributed by atoms with van der Waals surface area (Å²) in [5, 5.41) is 4.90. The van der Waals surface area contributed by atoms with Crippen LogP contribution < -0.4 is 25.0 Å². The number of carbonyl (C=O) groups is 3. The van der Waals surface area contributed by atoms with E-state index in [9.17, 15) is 14.4 Å². The number of quaternary nitrogens is 1. The van der Waals surface area contributed by atoms with E-state index in [0.29, 0.717) is 50.0 Å². The molecule has 2 aliphatic heterocycles. The van der Waals surface area contributed by atoms with Crippen LogP contribution in [0.4, 0.5) is 15.3 Å². The Morgan fingerprint density at radius 3 is 2.67 bits per heavy atom. The normalized spacial score (nSPS) is 16.0. The maximum atomic E-state index is 12.1. The van der Waals surface area contributed by atoms with Crippen LogP contribution in [0.5, 0.6) is 11.5 Å². The summed E-state index contributed by atoms with van der Waals surface area (Å²) in [6.07, 6.45) is -0.330. The third-order valence-corrected chi connectivity index (χ3v) is 4.29. The SMILES string of the molecule is CCOC(=O)N1CC[NH+](CC(=O)NC(=O)Nc2ccc3c(c2)OCO3)CC1. The van der Waals surface area contributed by atoms with Crippen molar-refractivity contribution in [1.29, 1.82) is 0 Å². The highest BCUT2D eigenvalue weighted by atomic mass is 16.7. The summed E-state index contributed by atoms with van der Waals surface area (Å²) in [6, 6.07) is 4.37. The Morgan fingerprint density at radius 2 is 1.93 bits per heavy atom. The lowest BCUT2D eigenvalue weighted by atomic mass is 10.3. The van der Waals surface area contributed by atoms with Gasteiger partial charge in [0.1, 0.15) is 0 Å². The van der Waals surface area contributed by atoms with Crippen LogP contribution in [0.15, 0.2) is 18.2 Å². The van der Waals surface area contributed by atoms with Gasteiger partial charge in [-0.3, -0.25) is 15.0 Å². The fourth-order valence-corrected chi connectivity index (χ4v) is 2.93. The number of rotatable bonds is 4. The molecule has 1 aromatic carbocycles. The first-order chi connectivity index (χ1) is 13.0. The van der Waals surface area contributed by atoms with Gasteiger partial charge in [-0.15, -0.1) is 0 Å². The van der Waals surface area contributed by atoms with E-state index in [1.165, 1.54) is 0 Å². The second-order valence-electron chi connectivity index (χ2n) is 6.18. The molecular weight excluding hydrogens is 356 g/mol. The predicted octanol–water partition coefficient (Wildman–Crippen LogP) is -0.580. The highest BCUT2D eigenvalue weighted by Crippen LogP contribution is 2.34. The zero-order valence-electron chi connectivity index (χ0n) is 15.1. The molecule has 4 amide bonds. The van der Waals surface area contributed by atoms with E-state index < -0.39 is 6.03 Å². The van der Waals surface area contributed by atoms with Gasteiger partial charge in [-0.1, -0.05) is 0 Å². The van der Waals surface area contributed by atoms with Gasteiger partial charge < -0.3 is 24.4 Å². The molecule has 3 rings (SSSR count). The number of anilines is 1. The van der Waals surface area contributed by atoms with E-state index in [1.54, 1.807) is 30.0 Å². The molecule has 0 aliphatic carbocycles. The fourth-order valence-electron chi connectivity index (χ4n) is 2.93. The van der Waals surface area contributed by atoms with Crippen LogP contribution in [0, 0.1) is 0 Å². The van der Waals surface area contributed by atoms with E-state index in [4.69, 9.17) is 14.2 Å². The van der Waals surface area contributed by atoms with Gasteiger partial charge in [-0.25, -0.2) is 9.59 Å². The van der Waals surface area contributed by atoms with Gasteiger partial charge in [-0.05, 0) is 19.1 Å². The average Bonchev–Trinajstić information content (AvgIpc) is 3.10. The van der Waals surface area contributed by atoms with E-state index in [-0.39, 0.29) is 25.3 Å². The van der Waals surface area contributed by atoms with Crippen molar-refractivity contribution in [3.05, 3.63) is 18.2 Å². The summed E-state index contributed by atoms with van der Waals surface area (Å²) >= 11 is 0. The highest BCUT2D eigenvalue weighted by Gasteiger charge is 2.26. The van der Waals surface area contributed by atoms with Gasteiger partial charge in [0.25, 0.3) is 5.91 Å². The smallest absolute Gasteiger partial charge is 0.410 e. The number of ether oxygens (including phenoxy) is 3. The monoisotopic (exact) mass is 379 g/mol. The lowest BCUT2D eigenvalue weighted by Gasteiger charge is -2.31. The number of imide groups is 1. The minimum Gasteiger partial charge on any atom is -0.454 e. The quantitative estimate of drug-likeness (QED) is 0.646. The third-order valence-electron chi connectivity index (χ3n) is 4.29. The molecule has 27 heavy (non-hydrogen) atoms. The van der Waals surface area contributed by atoms with Crippen LogP contribution in [0.3, 0.4) is 0 Å². The molecule has 2 aliphatic rings. The molecule has 0 unspecified atom stereocenters. The molecular formula is C17H23N4O6+. The number of benzene rings is 1. The van der Waals surface area contributed by atoms with Crippen LogP contribution in [-0.4, -0.2) is 69.1 Å². The van der Waals surface area contributed by atoms with Crippen LogP contribution in [0.25, 0.3) is 0 Å². The van der Waals surface area contributed by atoms with Crippen molar-refractivity contribution in [2.75, 3.05) is 51.4 Å². The Kier molecular flexibility index (Phi) is 5.97. The molecule has 0 bridgehead atoms. The lowest BCUT2D eigenvalue weighted by Crippen LogP contribution is -3.15. The summed E-state index contributed by atoms with van der Waals surface area (Å²) in [6.45, 7) is 4.69. The molecule has 0 spiro atoms. The molecule has 10 heteroatoms. The van der Waals surface area contributed by atoms with E-state index in [2.05, 4.69) is 10.6 Å². The van der Waals surface area contributed by atoms with Crippen molar-refractivity contribution in [3.8, 4) is 11.5 Å². The third kappa shape index (κ3) is 5.00. The maximum absolute atomic E-state index is 12.1. The van der Waals surface area contributed by atoms with Crippen molar-refractivity contribution in [1.82, 2.24) is 10.2 Å². The first kappa shape index (κ1) is 18.8. The first-order valence-corrected chi connectivity index (χ1v) is 8.81. The van der Waals surface area contributed by atoms with Gasteiger partial charge in [0.05, 0.1) is 32.8 Å². The van der Waals surface area contributed by atoms with Crippen LogP contribution in [-0.2, 0) is 9.53 Å². The zero-order valence-corrected chi connectivity index (χ0v) is 15.1. The molecule has 3 N–H and O–H groups in total. The number of urea groups is 1. The Hall–Kier alpha value is -3.01. The number of amides is 4. The van der Waals surface area contributed by atoms with Gasteiger partial charge in [-0.2, -0.15) is 0 Å². The van der Waals surface area contributed by atoms with Crippen LogP contribution in [0.1, 0.15) is 6.92 Å². The van der Waals surface area contributed by atoms with E-state index >= 15 is 0 Å². The maximum Gasteiger partial charge on any atom is 0.410 e. The minimum absolute atomic E-state index is 0.148. The largest absolute Gasteiger partial charge is 0.454 e. The zero-order chi connectivity index (χ0) is 19.2. The Balaban J connectivity index is 1.40. The molecule has 2 heterocycles. The summed E-state index contributed by atoms with van der Waals surface area (Å²) in [5.74, 6) is 0.776. The summed E-state index contributed by atoms with van der Waals surface area (Å²) < 4.78 is 15.4. The van der Waals surface area contributed by atoms with Gasteiger partial charge in [0.2, 0.25) is 6.79 Å². The second kappa shape index (κ2) is 8.58. The number of fused-ring (bicyclic) bond motifs is 1. The van der Waals surface area contributed by atoms with E-state index in [1.807, 2.05) is 0 Å². The standard InChI is InChI=1S/C17H22N4O6/c1-2-25-17(24)21-7-5-20(6-8-21)10-15(22)19-16(23)18-12-3-4-13-14(9-12)27-11-26-13/h3-4,9H,2,5-8,10-11H2,1H3,(H2,18,19,22,23)/p+1. The van der Waals surface area contributed by atoms with Crippen molar-refractivity contribution < 1.29 is 33.5 Å². The fraction of sp³-hybridized carbons (Fsp3) is 0.471. The summed E-state index contributed by atoms with van der Waals surface area (Å²) in [5.41, 5.74) is 0.500. The van der Waals surface area contributed by atoms with Gasteiger partial charge >= 0.3 is 12.1 Å². The number of hydrogen-bond acceptors (Lipinski definition) is 6.